The Hall–Kier alpha value is -2.23. The summed E-state index contributed by atoms with van der Waals surface area (Å²) in [7, 11) is -2.81. The summed E-state index contributed by atoms with van der Waals surface area (Å²) >= 11 is 11.9. The molecule has 1 unspecified atom stereocenters. The summed E-state index contributed by atoms with van der Waals surface area (Å²) < 4.78 is 32.5. The first-order valence-corrected chi connectivity index (χ1v) is 12.2. The van der Waals surface area contributed by atoms with E-state index in [1.807, 2.05) is 0 Å². The molecule has 0 fully saturated rings. The number of anilines is 1. The summed E-state index contributed by atoms with van der Waals surface area (Å²) in [5.74, 6) is -0.960. The molecule has 3 N–H and O–H groups in total. The standard InChI is InChI=1S/C21H22Cl2FN5O2S/c1-20(2)19(25)29-21(3,16-6-7-27-32(16,20)31)13-9-12(4-5-15(13)24)28-18(30)17-14(23)8-11(22)10-26-17/h4-5,8-10,16H,6-7H2,1-3H3,(H2,25,29)(H,28,30)/t16?,21-,32-/m1/s1. The molecule has 170 valence electrons. The normalized spacial score (nSPS) is 28.4. The van der Waals surface area contributed by atoms with Gasteiger partial charge in [-0.2, -0.15) is 0 Å². The van der Waals surface area contributed by atoms with Crippen molar-refractivity contribution in [2.24, 2.45) is 15.1 Å². The minimum absolute atomic E-state index is 0.0209. The zero-order chi connectivity index (χ0) is 23.5. The van der Waals surface area contributed by atoms with Crippen LogP contribution in [0.5, 0.6) is 0 Å². The summed E-state index contributed by atoms with van der Waals surface area (Å²) in [4.78, 5) is 21.3. The number of benzene rings is 1. The molecule has 32 heavy (non-hydrogen) atoms. The summed E-state index contributed by atoms with van der Waals surface area (Å²) in [5.41, 5.74) is 5.48. The molecule has 0 saturated carbocycles. The minimum Gasteiger partial charge on any atom is -0.386 e. The monoisotopic (exact) mass is 497 g/mol. The molecule has 0 spiro atoms. The second-order valence-corrected chi connectivity index (χ2v) is 12.3. The van der Waals surface area contributed by atoms with Gasteiger partial charge in [-0.1, -0.05) is 23.2 Å². The van der Waals surface area contributed by atoms with Crippen LogP contribution in [0, 0.1) is 5.82 Å². The summed E-state index contributed by atoms with van der Waals surface area (Å²) in [5, 5.41) is 2.53. The smallest absolute Gasteiger partial charge is 0.275 e. The lowest BCUT2D eigenvalue weighted by molar-refractivity contribution is 0.102. The van der Waals surface area contributed by atoms with E-state index in [1.54, 1.807) is 20.8 Å². The third-order valence-corrected chi connectivity index (χ3v) is 10.4. The molecule has 0 bridgehead atoms. The molecule has 1 aromatic heterocycles. The lowest BCUT2D eigenvalue weighted by atomic mass is 9.85. The predicted octanol–water partition coefficient (Wildman–Crippen LogP) is 4.38. The average molecular weight is 498 g/mol. The Labute approximate surface area is 195 Å². The van der Waals surface area contributed by atoms with Crippen molar-refractivity contribution >= 4 is 50.4 Å². The zero-order valence-corrected chi connectivity index (χ0v) is 20.0. The Kier molecular flexibility index (Phi) is 5.50. The number of amidine groups is 1. The Morgan fingerprint density at radius 2 is 2.00 bits per heavy atom. The van der Waals surface area contributed by atoms with Crippen LogP contribution >= 0.6 is 23.2 Å². The molecule has 3 heterocycles. The molecule has 4 rings (SSSR count). The van der Waals surface area contributed by atoms with Gasteiger partial charge in [0.15, 0.2) is 0 Å². The SMILES string of the molecule is CC1(C)C(N)=N[C@](C)(c2cc(NC(=O)c3ncc(Cl)cc3Cl)ccc2F)C2CCN=[S@@]21=O. The fourth-order valence-corrected chi connectivity index (χ4v) is 7.90. The molecule has 0 saturated heterocycles. The molecule has 0 radical (unpaired) electrons. The predicted molar refractivity (Wildman–Crippen MR) is 126 cm³/mol. The van der Waals surface area contributed by atoms with Crippen LogP contribution < -0.4 is 11.1 Å². The first-order chi connectivity index (χ1) is 14.9. The number of nitrogens with zero attached hydrogens (tertiary/aromatic N) is 3. The van der Waals surface area contributed by atoms with E-state index in [9.17, 15) is 9.00 Å². The van der Waals surface area contributed by atoms with Crippen molar-refractivity contribution in [1.29, 1.82) is 0 Å². The molecule has 1 amide bonds. The van der Waals surface area contributed by atoms with Gasteiger partial charge in [-0.05, 0) is 51.5 Å². The lowest BCUT2D eigenvalue weighted by Crippen LogP contribution is -2.58. The average Bonchev–Trinajstić information content (AvgIpc) is 3.13. The van der Waals surface area contributed by atoms with E-state index in [-0.39, 0.29) is 22.1 Å². The van der Waals surface area contributed by atoms with Gasteiger partial charge in [0.2, 0.25) is 0 Å². The van der Waals surface area contributed by atoms with Crippen molar-refractivity contribution in [2.75, 3.05) is 11.9 Å². The van der Waals surface area contributed by atoms with Crippen molar-refractivity contribution < 1.29 is 13.4 Å². The number of nitrogens with one attached hydrogen (secondary N) is 1. The summed E-state index contributed by atoms with van der Waals surface area (Å²) in [6.45, 7) is 5.61. The van der Waals surface area contributed by atoms with E-state index in [0.717, 1.165) is 0 Å². The van der Waals surface area contributed by atoms with Gasteiger partial charge >= 0.3 is 0 Å². The number of fused-ring (bicyclic) bond motifs is 1. The lowest BCUT2D eigenvalue weighted by Gasteiger charge is -2.44. The third-order valence-electron chi connectivity index (χ3n) is 6.18. The fourth-order valence-electron chi connectivity index (χ4n) is 4.27. The highest BCUT2D eigenvalue weighted by Gasteiger charge is 2.56. The highest BCUT2D eigenvalue weighted by molar-refractivity contribution is 7.96. The van der Waals surface area contributed by atoms with Gasteiger partial charge in [-0.3, -0.25) is 9.79 Å². The Balaban J connectivity index is 1.76. The molecular weight excluding hydrogens is 476 g/mol. The Bertz CT molecular complexity index is 1290. The number of rotatable bonds is 3. The summed E-state index contributed by atoms with van der Waals surface area (Å²) in [6, 6.07) is 5.53. The number of aliphatic imine (C=N–C) groups is 1. The number of nitrogens with two attached hydrogens (primary N) is 1. The number of pyridine rings is 1. The topological polar surface area (TPSA) is 110 Å². The van der Waals surface area contributed by atoms with Crippen molar-refractivity contribution in [3.05, 3.63) is 57.6 Å². The van der Waals surface area contributed by atoms with Gasteiger partial charge in [-0.25, -0.2) is 17.9 Å². The molecule has 0 aliphatic carbocycles. The van der Waals surface area contributed by atoms with Crippen LogP contribution in [0.1, 0.15) is 43.2 Å². The molecule has 2 aromatic rings. The molecule has 2 aliphatic rings. The van der Waals surface area contributed by atoms with E-state index in [4.69, 9.17) is 28.9 Å². The van der Waals surface area contributed by atoms with E-state index in [1.165, 1.54) is 30.5 Å². The van der Waals surface area contributed by atoms with Crippen molar-refractivity contribution in [2.45, 2.75) is 42.7 Å². The van der Waals surface area contributed by atoms with Crippen molar-refractivity contribution in [3.8, 4) is 0 Å². The van der Waals surface area contributed by atoms with Gasteiger partial charge < -0.3 is 11.1 Å². The van der Waals surface area contributed by atoms with Gasteiger partial charge in [0.1, 0.15) is 27.6 Å². The molecule has 2 aliphatic heterocycles. The quantitative estimate of drug-likeness (QED) is 0.654. The fraction of sp³-hybridized carbons (Fsp3) is 0.381. The van der Waals surface area contributed by atoms with Crippen LogP contribution in [-0.2, 0) is 15.3 Å². The van der Waals surface area contributed by atoms with E-state index in [2.05, 4.69) is 19.7 Å². The van der Waals surface area contributed by atoms with Crippen LogP contribution in [0.4, 0.5) is 10.1 Å². The first kappa shape index (κ1) is 22.9. The number of halogens is 3. The number of carbonyl (C=O) groups is 1. The second-order valence-electron chi connectivity index (χ2n) is 8.49. The van der Waals surface area contributed by atoms with E-state index in [0.29, 0.717) is 23.7 Å². The van der Waals surface area contributed by atoms with Crippen molar-refractivity contribution in [3.63, 3.8) is 0 Å². The Morgan fingerprint density at radius 1 is 1.28 bits per heavy atom. The minimum atomic E-state index is -2.81. The van der Waals surface area contributed by atoms with Crippen LogP contribution in [-0.4, -0.2) is 37.5 Å². The maximum absolute atomic E-state index is 15.1. The summed E-state index contributed by atoms with van der Waals surface area (Å²) in [6.07, 6.45) is 1.80. The maximum Gasteiger partial charge on any atom is 0.275 e. The first-order valence-electron chi connectivity index (χ1n) is 9.90. The van der Waals surface area contributed by atoms with Gasteiger partial charge in [-0.15, -0.1) is 0 Å². The number of amides is 1. The van der Waals surface area contributed by atoms with Gasteiger partial charge in [0.25, 0.3) is 5.91 Å². The second kappa shape index (κ2) is 7.67. The number of hydrogen-bond donors (Lipinski definition) is 2. The number of hydrogen-bond acceptors (Lipinski definition) is 6. The zero-order valence-electron chi connectivity index (χ0n) is 17.7. The molecule has 7 nitrogen and oxygen atoms in total. The number of aromatic nitrogens is 1. The maximum atomic E-state index is 15.1. The van der Waals surface area contributed by atoms with Crippen LogP contribution in [0.2, 0.25) is 10.0 Å². The molecule has 11 heteroatoms. The third kappa shape index (κ3) is 3.38. The van der Waals surface area contributed by atoms with Crippen LogP contribution in [0.15, 0.2) is 39.8 Å². The van der Waals surface area contributed by atoms with Crippen molar-refractivity contribution in [1.82, 2.24) is 4.98 Å². The van der Waals surface area contributed by atoms with Crippen LogP contribution in [0.25, 0.3) is 0 Å². The highest BCUT2D eigenvalue weighted by atomic mass is 35.5. The molecular formula is C21H22Cl2FN5O2S. The molecule has 1 aromatic carbocycles. The Morgan fingerprint density at radius 3 is 2.69 bits per heavy atom. The van der Waals surface area contributed by atoms with E-state index >= 15 is 4.39 Å². The van der Waals surface area contributed by atoms with Gasteiger partial charge in [0.05, 0.1) is 25.0 Å². The van der Waals surface area contributed by atoms with E-state index < -0.39 is 37.0 Å². The number of carbonyl (C=O) groups excluding carboxylic acids is 1. The van der Waals surface area contributed by atoms with Crippen LogP contribution in [0.3, 0.4) is 0 Å². The van der Waals surface area contributed by atoms with Gasteiger partial charge in [0, 0.05) is 24.0 Å². The largest absolute Gasteiger partial charge is 0.386 e. The molecule has 3 atom stereocenters. The highest BCUT2D eigenvalue weighted by Crippen LogP contribution is 2.48.